The Bertz CT molecular complexity index is 3020. The number of piperidine rings is 2. The number of amides is 4. The van der Waals surface area contributed by atoms with Crippen LogP contribution in [0.15, 0.2) is 54.7 Å². The van der Waals surface area contributed by atoms with Crippen molar-refractivity contribution in [3.63, 3.8) is 0 Å². The minimum Gasteiger partial charge on any atom is -0.495 e. The number of aryl methyl sites for hydroxylation is 1. The highest BCUT2D eigenvalue weighted by atomic mass is 19.1. The summed E-state index contributed by atoms with van der Waals surface area (Å²) in [5, 5.41) is 15.8. The number of carbonyl (C=O) groups excluding carboxylic acids is 3. The lowest BCUT2D eigenvalue weighted by Gasteiger charge is -2.47. The number of β-amino-alcohol motifs (C(OH)–C–C–N with tert-alkyl or cyclic N) is 1. The molecule has 1 spiro atoms. The van der Waals surface area contributed by atoms with Crippen LogP contribution in [0.3, 0.4) is 0 Å². The fourth-order valence-electron chi connectivity index (χ4n) is 13.0. The van der Waals surface area contributed by atoms with E-state index in [-0.39, 0.29) is 59.6 Å². The number of hydrogen-bond donors (Lipinski definition) is 2. The van der Waals surface area contributed by atoms with Crippen molar-refractivity contribution in [3.05, 3.63) is 71.7 Å². The lowest BCUT2D eigenvalue weighted by molar-refractivity contribution is -0.120. The van der Waals surface area contributed by atoms with E-state index in [0.29, 0.717) is 84.6 Å². The Morgan fingerprint density at radius 2 is 1.66 bits per heavy atom. The predicted molar refractivity (Wildman–Crippen MR) is 292 cm³/mol. The second-order valence-corrected chi connectivity index (χ2v) is 23.2. The van der Waals surface area contributed by atoms with Gasteiger partial charge in [0.05, 0.1) is 30.4 Å². The van der Waals surface area contributed by atoms with Gasteiger partial charge < -0.3 is 43.7 Å². The molecule has 4 amide bonds. The number of pyridine rings is 1. The van der Waals surface area contributed by atoms with Gasteiger partial charge in [0.15, 0.2) is 12.6 Å². The molecule has 4 saturated heterocycles. The summed E-state index contributed by atoms with van der Waals surface area (Å²) in [5.74, 6) is 1.29. The van der Waals surface area contributed by atoms with E-state index >= 15 is 4.39 Å². The molecule has 3 aromatic carbocycles. The molecule has 2 aromatic heterocycles. The van der Waals surface area contributed by atoms with Gasteiger partial charge in [-0.25, -0.2) is 9.18 Å². The summed E-state index contributed by atoms with van der Waals surface area (Å²) in [6.45, 7) is 13.2. The molecule has 77 heavy (non-hydrogen) atoms. The van der Waals surface area contributed by atoms with E-state index in [1.165, 1.54) is 37.7 Å². The van der Waals surface area contributed by atoms with E-state index < -0.39 is 17.4 Å². The number of nitrogens with one attached hydrogen (secondary N) is 1. The largest absolute Gasteiger partial charge is 0.495 e. The summed E-state index contributed by atoms with van der Waals surface area (Å²) in [6.07, 6.45) is 12.9. The number of methoxy groups -OCH3 is 2. The zero-order chi connectivity index (χ0) is 53.5. The number of aliphatic hydroxyl groups is 1. The number of ether oxygens (including phenoxy) is 4. The van der Waals surface area contributed by atoms with Gasteiger partial charge in [-0.15, -0.1) is 0 Å². The Labute approximate surface area is 450 Å². The standard InChI is InChI=1S/C59H74FN9O8/c1-5-40-8-6-9-41-30-43(77-38-74-3)32-44(49(40)41)51-50(60)52-45(33-61-51)53(68-22-7-15-57(2,73)35-68)64-55(63-52)76-37-59(18-19-59)36-66-28-26-65(27-29-66)34-39-12-16-58(17-13-39)20-24-67(25-21-58)54(71)42-10-11-47(75-4)46(31-42)69-23-14-48(70)62-56(69)72/h6,8-11,30-33,39,73H,5,7,12-29,34-38H2,1-4H3,(H,62,70,72)/t57-/m1/s1. The molecular weight excluding hydrogens is 982 g/mol. The summed E-state index contributed by atoms with van der Waals surface area (Å²) in [4.78, 5) is 63.5. The molecule has 1 atom stereocenters. The third kappa shape index (κ3) is 11.3. The van der Waals surface area contributed by atoms with Gasteiger partial charge in [-0.1, -0.05) is 25.1 Å². The van der Waals surface area contributed by atoms with Crippen LogP contribution in [-0.2, 0) is 16.0 Å². The van der Waals surface area contributed by atoms with Gasteiger partial charge in [0, 0.05) is 108 Å². The molecule has 0 radical (unpaired) electrons. The van der Waals surface area contributed by atoms with Crippen LogP contribution in [0, 0.1) is 22.6 Å². The Kier molecular flexibility index (Phi) is 15.0. The highest BCUT2D eigenvalue weighted by molar-refractivity contribution is 6.07. The molecule has 410 valence electrons. The highest BCUT2D eigenvalue weighted by Gasteiger charge is 2.46. The summed E-state index contributed by atoms with van der Waals surface area (Å²) in [6, 6.07) is 14.7. The molecule has 4 aliphatic heterocycles. The number of aromatic nitrogens is 3. The van der Waals surface area contributed by atoms with Crippen LogP contribution in [0.1, 0.15) is 100 Å². The maximum atomic E-state index is 17.4. The first-order chi connectivity index (χ1) is 37.2. The summed E-state index contributed by atoms with van der Waals surface area (Å²) in [7, 11) is 3.10. The van der Waals surface area contributed by atoms with Crippen molar-refractivity contribution in [2.45, 2.75) is 96.5 Å². The number of rotatable bonds is 16. The van der Waals surface area contributed by atoms with Gasteiger partial charge in [-0.3, -0.25) is 24.8 Å². The fourth-order valence-corrected chi connectivity index (χ4v) is 13.0. The normalized spacial score (nSPS) is 22.2. The van der Waals surface area contributed by atoms with Gasteiger partial charge in [0.2, 0.25) is 5.91 Å². The number of halogens is 1. The zero-order valence-electron chi connectivity index (χ0n) is 45.2. The SMILES string of the molecule is CCc1cccc2cc(OCOC)cc(-c3ncc4c(N5CCC[C@@](C)(O)C5)nc(OCC5(CN6CCN(CC7CCC8(CC7)CCN(C(=O)c7ccc(OC)c(N9CCC(=O)NC9=O)c7)CC8)CC6)CC5)nc4c3F)c12. The second kappa shape index (κ2) is 21.9. The van der Waals surface area contributed by atoms with Gasteiger partial charge in [-0.05, 0) is 136 Å². The van der Waals surface area contributed by atoms with E-state index in [9.17, 15) is 19.5 Å². The van der Waals surface area contributed by atoms with Crippen LogP contribution in [0.2, 0.25) is 0 Å². The van der Waals surface area contributed by atoms with E-state index in [2.05, 4.69) is 28.1 Å². The van der Waals surface area contributed by atoms with Crippen LogP contribution < -0.4 is 29.3 Å². The van der Waals surface area contributed by atoms with Crippen molar-refractivity contribution in [1.29, 1.82) is 0 Å². The van der Waals surface area contributed by atoms with Gasteiger partial charge in [0.25, 0.3) is 5.91 Å². The van der Waals surface area contributed by atoms with Crippen LogP contribution in [0.25, 0.3) is 32.9 Å². The third-order valence-corrected chi connectivity index (χ3v) is 17.7. The maximum Gasteiger partial charge on any atom is 0.328 e. The summed E-state index contributed by atoms with van der Waals surface area (Å²) >= 11 is 0. The topological polar surface area (TPSA) is 175 Å². The van der Waals surface area contributed by atoms with E-state index in [4.69, 9.17) is 33.9 Å². The summed E-state index contributed by atoms with van der Waals surface area (Å²) in [5.41, 5.74) is 2.29. The molecule has 2 saturated carbocycles. The fraction of sp³-hybridized carbons (Fsp3) is 0.559. The monoisotopic (exact) mass is 1060 g/mol. The number of fused-ring (bicyclic) bond motifs is 2. The third-order valence-electron chi connectivity index (χ3n) is 17.7. The number of carbonyl (C=O) groups is 3. The second-order valence-electron chi connectivity index (χ2n) is 23.2. The first kappa shape index (κ1) is 52.8. The molecule has 18 heteroatoms. The van der Waals surface area contributed by atoms with Crippen molar-refractivity contribution in [3.8, 4) is 28.8 Å². The number of benzene rings is 3. The van der Waals surface area contributed by atoms with Crippen molar-refractivity contribution in [2.75, 3.05) is 109 Å². The number of likely N-dealkylation sites (tertiary alicyclic amines) is 1. The van der Waals surface area contributed by atoms with Crippen LogP contribution >= 0.6 is 0 Å². The van der Waals surface area contributed by atoms with Crippen molar-refractivity contribution in [1.82, 2.24) is 35.0 Å². The maximum absolute atomic E-state index is 17.4. The van der Waals surface area contributed by atoms with Crippen LogP contribution in [0.4, 0.5) is 20.7 Å². The number of hydrogen-bond acceptors (Lipinski definition) is 14. The predicted octanol–water partition coefficient (Wildman–Crippen LogP) is 8.22. The Morgan fingerprint density at radius 3 is 2.38 bits per heavy atom. The molecular formula is C59H74FN9O8. The first-order valence-electron chi connectivity index (χ1n) is 27.9. The molecule has 6 fully saturated rings. The van der Waals surface area contributed by atoms with Crippen molar-refractivity contribution < 1.29 is 42.8 Å². The molecule has 17 nitrogen and oxygen atoms in total. The van der Waals surface area contributed by atoms with Crippen molar-refractivity contribution in [2.24, 2.45) is 16.7 Å². The molecule has 5 aromatic rings. The zero-order valence-corrected chi connectivity index (χ0v) is 45.2. The summed E-state index contributed by atoms with van der Waals surface area (Å²) < 4.78 is 40.6. The minimum absolute atomic E-state index is 0.0289. The quantitative estimate of drug-likeness (QED) is 0.0905. The number of piperazine rings is 1. The van der Waals surface area contributed by atoms with Gasteiger partial charge >= 0.3 is 12.0 Å². The Hall–Kier alpha value is -6.21. The number of imide groups is 1. The van der Waals surface area contributed by atoms with Crippen molar-refractivity contribution >= 4 is 51.0 Å². The molecule has 6 aliphatic rings. The smallest absolute Gasteiger partial charge is 0.328 e. The van der Waals surface area contributed by atoms with Gasteiger partial charge in [0.1, 0.15) is 28.5 Å². The molecule has 2 aliphatic carbocycles. The first-order valence-corrected chi connectivity index (χ1v) is 27.9. The average Bonchev–Trinajstić information content (AvgIpc) is 4.23. The molecule has 0 bridgehead atoms. The lowest BCUT2D eigenvalue weighted by Crippen LogP contribution is -2.50. The lowest BCUT2D eigenvalue weighted by atomic mass is 9.65. The molecule has 2 N–H and O–H groups in total. The molecule has 0 unspecified atom stereocenters. The molecule has 11 rings (SSSR count). The minimum atomic E-state index is -0.930. The van der Waals surface area contributed by atoms with Crippen LogP contribution in [-0.4, -0.2) is 158 Å². The Morgan fingerprint density at radius 1 is 0.883 bits per heavy atom. The number of nitrogens with zero attached hydrogens (tertiary/aromatic N) is 8. The van der Waals surface area contributed by atoms with E-state index in [1.54, 1.807) is 31.5 Å². The Balaban J connectivity index is 0.700. The molecule has 6 heterocycles. The van der Waals surface area contributed by atoms with Gasteiger partial charge in [-0.2, -0.15) is 9.97 Å². The number of anilines is 2. The van der Waals surface area contributed by atoms with E-state index in [1.807, 2.05) is 41.0 Å². The van der Waals surface area contributed by atoms with E-state index in [0.717, 1.165) is 94.1 Å². The number of urea groups is 1. The van der Waals surface area contributed by atoms with Crippen LogP contribution in [0.5, 0.6) is 17.5 Å². The average molecular weight is 1060 g/mol. The highest BCUT2D eigenvalue weighted by Crippen LogP contribution is 2.49.